The zero-order valence-corrected chi connectivity index (χ0v) is 11.4. The van der Waals surface area contributed by atoms with Crippen LogP contribution in [0.4, 0.5) is 11.5 Å². The summed E-state index contributed by atoms with van der Waals surface area (Å²) < 4.78 is 4.63. The van der Waals surface area contributed by atoms with Gasteiger partial charge in [-0.15, -0.1) is 0 Å². The number of anilines is 1. The molecule has 104 valence electrons. The Morgan fingerprint density at radius 1 is 1.58 bits per heavy atom. The lowest BCUT2D eigenvalue weighted by Crippen LogP contribution is -2.30. The van der Waals surface area contributed by atoms with E-state index in [1.54, 1.807) is 31.9 Å². The number of ether oxygens (including phenoxy) is 1. The molecule has 0 aromatic carbocycles. The number of carbonyl (C=O) groups excluding carboxylic acids is 1. The lowest BCUT2D eigenvalue weighted by molar-refractivity contribution is -0.384. The van der Waals surface area contributed by atoms with Crippen molar-refractivity contribution in [3.8, 4) is 0 Å². The largest absolute Gasteiger partial charge is 0.469 e. The summed E-state index contributed by atoms with van der Waals surface area (Å²) in [6.07, 6.45) is 0. The van der Waals surface area contributed by atoms with E-state index in [0.29, 0.717) is 12.2 Å². The molecule has 1 aromatic rings. The van der Waals surface area contributed by atoms with Crippen LogP contribution < -0.4 is 4.90 Å². The highest BCUT2D eigenvalue weighted by Crippen LogP contribution is 2.25. The van der Waals surface area contributed by atoms with E-state index in [4.69, 9.17) is 0 Å². The molecule has 7 heteroatoms. The maximum atomic E-state index is 11.4. The number of methoxy groups -OCH3 is 1. The van der Waals surface area contributed by atoms with Crippen molar-refractivity contribution in [3.05, 3.63) is 27.9 Å². The Balaban J connectivity index is 2.98. The number of esters is 1. The van der Waals surface area contributed by atoms with E-state index in [1.165, 1.54) is 13.2 Å². The molecule has 19 heavy (non-hydrogen) atoms. The van der Waals surface area contributed by atoms with Crippen molar-refractivity contribution < 1.29 is 14.5 Å². The molecule has 0 fully saturated rings. The quantitative estimate of drug-likeness (QED) is 0.457. The first-order valence-electron chi connectivity index (χ1n) is 5.77. The van der Waals surface area contributed by atoms with Crippen LogP contribution in [-0.2, 0) is 9.53 Å². The number of carbonyl (C=O) groups is 1. The minimum absolute atomic E-state index is 0.0786. The smallest absolute Gasteiger partial charge is 0.311 e. The molecule has 1 heterocycles. The Bertz CT molecular complexity index is 490. The number of hydrogen-bond acceptors (Lipinski definition) is 6. The third-order valence-electron chi connectivity index (χ3n) is 2.70. The average molecular weight is 267 g/mol. The summed E-state index contributed by atoms with van der Waals surface area (Å²) in [5, 5.41) is 11.0. The minimum Gasteiger partial charge on any atom is -0.469 e. The monoisotopic (exact) mass is 267 g/mol. The normalized spacial score (nSPS) is 11.8. The van der Waals surface area contributed by atoms with E-state index >= 15 is 0 Å². The molecule has 1 unspecified atom stereocenters. The molecular formula is C12H17N3O4. The van der Waals surface area contributed by atoms with Gasteiger partial charge in [-0.05, 0) is 13.0 Å². The summed E-state index contributed by atoms with van der Waals surface area (Å²) in [7, 11) is 2.97. The summed E-state index contributed by atoms with van der Waals surface area (Å²) in [5.41, 5.74) is 0.600. The van der Waals surface area contributed by atoms with Crippen LogP contribution in [0.25, 0.3) is 0 Å². The molecule has 0 amide bonds. The first-order chi connectivity index (χ1) is 8.86. The van der Waals surface area contributed by atoms with Crippen LogP contribution in [0.3, 0.4) is 0 Å². The van der Waals surface area contributed by atoms with Gasteiger partial charge in [0.25, 0.3) is 0 Å². The molecule has 0 N–H and O–H groups in total. The second-order valence-corrected chi connectivity index (χ2v) is 4.36. The number of hydrogen-bond donors (Lipinski definition) is 0. The van der Waals surface area contributed by atoms with Crippen molar-refractivity contribution in [2.24, 2.45) is 5.92 Å². The summed E-state index contributed by atoms with van der Waals surface area (Å²) in [6, 6.07) is 3.00. The van der Waals surface area contributed by atoms with Gasteiger partial charge in [-0.25, -0.2) is 4.98 Å². The average Bonchev–Trinajstić information content (AvgIpc) is 2.36. The van der Waals surface area contributed by atoms with E-state index in [2.05, 4.69) is 9.72 Å². The van der Waals surface area contributed by atoms with Crippen LogP contribution in [0.1, 0.15) is 12.6 Å². The van der Waals surface area contributed by atoms with Crippen LogP contribution >= 0.6 is 0 Å². The molecular weight excluding hydrogens is 250 g/mol. The Morgan fingerprint density at radius 3 is 2.74 bits per heavy atom. The summed E-state index contributed by atoms with van der Waals surface area (Å²) in [6.45, 7) is 3.75. The maximum absolute atomic E-state index is 11.4. The third-order valence-corrected chi connectivity index (χ3v) is 2.70. The van der Waals surface area contributed by atoms with Gasteiger partial charge in [0, 0.05) is 25.4 Å². The number of aryl methyl sites for hydroxylation is 1. The Hall–Kier alpha value is -2.18. The first kappa shape index (κ1) is 14.9. The second-order valence-electron chi connectivity index (χ2n) is 4.36. The van der Waals surface area contributed by atoms with E-state index in [-0.39, 0.29) is 17.5 Å². The lowest BCUT2D eigenvalue weighted by atomic mass is 10.1. The van der Waals surface area contributed by atoms with Crippen molar-refractivity contribution in [1.82, 2.24) is 4.98 Å². The summed E-state index contributed by atoms with van der Waals surface area (Å²) in [5.74, 6) is -0.500. The van der Waals surface area contributed by atoms with E-state index in [1.807, 2.05) is 0 Å². The van der Waals surface area contributed by atoms with Gasteiger partial charge in [0.2, 0.25) is 5.82 Å². The Morgan fingerprint density at radius 2 is 2.21 bits per heavy atom. The van der Waals surface area contributed by atoms with Gasteiger partial charge in [0.1, 0.15) is 0 Å². The highest BCUT2D eigenvalue weighted by atomic mass is 16.6. The standard InChI is InChI=1S/C12H17N3O4/c1-8(12(16)19-4)7-14(3)11-10(15(17)18)6-5-9(2)13-11/h5-6,8H,7H2,1-4H3. The molecule has 1 aromatic heterocycles. The SMILES string of the molecule is COC(=O)C(C)CN(C)c1nc(C)ccc1[N+](=O)[O-]. The molecule has 0 aliphatic heterocycles. The predicted molar refractivity (Wildman–Crippen MR) is 70.1 cm³/mol. The molecule has 0 bridgehead atoms. The zero-order chi connectivity index (χ0) is 14.6. The predicted octanol–water partition coefficient (Wildman–Crippen LogP) is 1.54. The van der Waals surface area contributed by atoms with E-state index in [9.17, 15) is 14.9 Å². The van der Waals surface area contributed by atoms with Gasteiger partial charge in [0.15, 0.2) is 0 Å². The number of nitrogens with zero attached hydrogens (tertiary/aromatic N) is 3. The molecule has 0 aliphatic rings. The van der Waals surface area contributed by atoms with Crippen LogP contribution in [0.15, 0.2) is 12.1 Å². The Labute approximate surface area is 111 Å². The van der Waals surface area contributed by atoms with Gasteiger partial charge in [-0.2, -0.15) is 0 Å². The number of pyridine rings is 1. The van der Waals surface area contributed by atoms with Crippen LogP contribution in [0.5, 0.6) is 0 Å². The molecule has 0 aliphatic carbocycles. The van der Waals surface area contributed by atoms with Crippen molar-refractivity contribution in [2.45, 2.75) is 13.8 Å². The van der Waals surface area contributed by atoms with Gasteiger partial charge in [0.05, 0.1) is 18.0 Å². The first-order valence-corrected chi connectivity index (χ1v) is 5.77. The van der Waals surface area contributed by atoms with E-state index < -0.39 is 10.8 Å². The highest BCUT2D eigenvalue weighted by molar-refractivity contribution is 5.73. The maximum Gasteiger partial charge on any atom is 0.311 e. The molecule has 0 spiro atoms. The fourth-order valence-electron chi connectivity index (χ4n) is 1.73. The van der Waals surface area contributed by atoms with Gasteiger partial charge < -0.3 is 9.64 Å². The van der Waals surface area contributed by atoms with E-state index in [0.717, 1.165) is 0 Å². The van der Waals surface area contributed by atoms with Crippen molar-refractivity contribution in [2.75, 3.05) is 25.6 Å². The van der Waals surface area contributed by atoms with Crippen LogP contribution in [0, 0.1) is 23.0 Å². The van der Waals surface area contributed by atoms with Gasteiger partial charge in [-0.3, -0.25) is 14.9 Å². The summed E-state index contributed by atoms with van der Waals surface area (Å²) >= 11 is 0. The second kappa shape index (κ2) is 6.12. The fraction of sp³-hybridized carbons (Fsp3) is 0.500. The fourth-order valence-corrected chi connectivity index (χ4v) is 1.73. The van der Waals surface area contributed by atoms with Gasteiger partial charge >= 0.3 is 11.7 Å². The molecule has 0 saturated carbocycles. The zero-order valence-electron chi connectivity index (χ0n) is 11.4. The molecule has 0 radical (unpaired) electrons. The molecule has 1 rings (SSSR count). The molecule has 0 saturated heterocycles. The topological polar surface area (TPSA) is 85.6 Å². The van der Waals surface area contributed by atoms with Crippen molar-refractivity contribution in [1.29, 1.82) is 0 Å². The minimum atomic E-state index is -0.485. The molecule has 7 nitrogen and oxygen atoms in total. The van der Waals surface area contributed by atoms with Crippen molar-refractivity contribution >= 4 is 17.5 Å². The van der Waals surface area contributed by atoms with Crippen LogP contribution in [0.2, 0.25) is 0 Å². The van der Waals surface area contributed by atoms with Crippen LogP contribution in [-0.4, -0.2) is 36.6 Å². The number of rotatable bonds is 5. The third kappa shape index (κ3) is 3.64. The van der Waals surface area contributed by atoms with Crippen molar-refractivity contribution in [3.63, 3.8) is 0 Å². The molecule has 1 atom stereocenters. The lowest BCUT2D eigenvalue weighted by Gasteiger charge is -2.21. The number of aromatic nitrogens is 1. The Kier molecular flexibility index (Phi) is 4.80. The number of nitro groups is 1. The highest BCUT2D eigenvalue weighted by Gasteiger charge is 2.22. The van der Waals surface area contributed by atoms with Gasteiger partial charge in [-0.1, -0.05) is 6.92 Å². The summed E-state index contributed by atoms with van der Waals surface area (Å²) in [4.78, 5) is 27.6.